The van der Waals surface area contributed by atoms with E-state index in [9.17, 15) is 13.2 Å². The summed E-state index contributed by atoms with van der Waals surface area (Å²) in [7, 11) is 0. The fourth-order valence-corrected chi connectivity index (χ4v) is 1.96. The Hall–Kier alpha value is -1.03. The van der Waals surface area contributed by atoms with Crippen molar-refractivity contribution in [2.24, 2.45) is 5.41 Å². The van der Waals surface area contributed by atoms with Gasteiger partial charge in [0.15, 0.2) is 11.6 Å². The van der Waals surface area contributed by atoms with Crippen molar-refractivity contribution in [2.45, 2.75) is 40.2 Å². The Bertz CT molecular complexity index is 410. The topological polar surface area (TPSA) is 12.0 Å². The monoisotopic (exact) mass is 259 g/mol. The van der Waals surface area contributed by atoms with Crippen LogP contribution in [0, 0.1) is 22.9 Å². The van der Waals surface area contributed by atoms with Crippen molar-refractivity contribution in [3.8, 4) is 0 Å². The molecule has 0 radical (unpaired) electrons. The number of nitrogens with one attached hydrogen (secondary N) is 1. The van der Waals surface area contributed by atoms with Crippen LogP contribution in [0.3, 0.4) is 0 Å². The summed E-state index contributed by atoms with van der Waals surface area (Å²) in [6, 6.07) is 1.24. The molecule has 0 bridgehead atoms. The first-order valence-electron chi connectivity index (χ1n) is 6.12. The van der Waals surface area contributed by atoms with Crippen LogP contribution in [0.2, 0.25) is 0 Å². The first-order chi connectivity index (χ1) is 8.24. The van der Waals surface area contributed by atoms with Crippen molar-refractivity contribution in [3.05, 3.63) is 35.1 Å². The SMILES string of the molecule is CCNC(CC(C)(C)C)c1cc(F)c(F)cc1F. The third-order valence-corrected chi connectivity index (χ3v) is 2.68. The summed E-state index contributed by atoms with van der Waals surface area (Å²) in [6.45, 7) is 8.60. The second-order valence-corrected chi connectivity index (χ2v) is 5.66. The average molecular weight is 259 g/mol. The van der Waals surface area contributed by atoms with Gasteiger partial charge in [0.2, 0.25) is 0 Å². The normalized spacial score (nSPS) is 13.7. The summed E-state index contributed by atoms with van der Waals surface area (Å²) < 4.78 is 39.9. The number of hydrogen-bond donors (Lipinski definition) is 1. The standard InChI is InChI=1S/C14H20F3N/c1-5-18-13(8-14(2,3)4)9-6-11(16)12(17)7-10(9)15/h6-7,13,18H,5,8H2,1-4H3. The number of rotatable bonds is 4. The number of hydrogen-bond acceptors (Lipinski definition) is 1. The lowest BCUT2D eigenvalue weighted by Gasteiger charge is -2.27. The van der Waals surface area contributed by atoms with Crippen LogP contribution >= 0.6 is 0 Å². The molecule has 1 N–H and O–H groups in total. The van der Waals surface area contributed by atoms with Gasteiger partial charge >= 0.3 is 0 Å². The molecule has 1 rings (SSSR count). The molecule has 0 saturated carbocycles. The van der Waals surface area contributed by atoms with E-state index in [1.165, 1.54) is 0 Å². The maximum absolute atomic E-state index is 13.7. The smallest absolute Gasteiger partial charge is 0.161 e. The second kappa shape index (κ2) is 5.74. The van der Waals surface area contributed by atoms with E-state index in [0.717, 1.165) is 6.07 Å². The molecule has 102 valence electrons. The molecule has 1 atom stereocenters. The Kier molecular flexibility index (Phi) is 4.79. The molecule has 0 amide bonds. The number of benzene rings is 1. The lowest BCUT2D eigenvalue weighted by molar-refractivity contribution is 0.308. The zero-order valence-corrected chi connectivity index (χ0v) is 11.3. The van der Waals surface area contributed by atoms with Crippen LogP contribution in [0.15, 0.2) is 12.1 Å². The van der Waals surface area contributed by atoms with E-state index in [1.54, 1.807) is 0 Å². The van der Waals surface area contributed by atoms with E-state index in [2.05, 4.69) is 5.32 Å². The van der Waals surface area contributed by atoms with E-state index in [-0.39, 0.29) is 17.0 Å². The highest BCUT2D eigenvalue weighted by molar-refractivity contribution is 5.23. The van der Waals surface area contributed by atoms with E-state index in [1.807, 2.05) is 27.7 Å². The van der Waals surface area contributed by atoms with E-state index in [4.69, 9.17) is 0 Å². The van der Waals surface area contributed by atoms with E-state index >= 15 is 0 Å². The zero-order valence-electron chi connectivity index (χ0n) is 11.3. The van der Waals surface area contributed by atoms with Crippen LogP contribution in [0.1, 0.15) is 45.7 Å². The van der Waals surface area contributed by atoms with Crippen LogP contribution in [0.4, 0.5) is 13.2 Å². The van der Waals surface area contributed by atoms with E-state index in [0.29, 0.717) is 19.0 Å². The summed E-state index contributed by atoms with van der Waals surface area (Å²) in [5.74, 6) is -2.87. The van der Waals surface area contributed by atoms with Crippen molar-refractivity contribution < 1.29 is 13.2 Å². The van der Waals surface area contributed by atoms with Crippen LogP contribution in [0.5, 0.6) is 0 Å². The summed E-state index contributed by atoms with van der Waals surface area (Å²) in [6.07, 6.45) is 0.642. The third kappa shape index (κ3) is 4.02. The van der Waals surface area contributed by atoms with Gasteiger partial charge in [-0.25, -0.2) is 13.2 Å². The highest BCUT2D eigenvalue weighted by Crippen LogP contribution is 2.31. The van der Waals surface area contributed by atoms with Gasteiger partial charge in [-0.05, 0) is 24.4 Å². The lowest BCUT2D eigenvalue weighted by atomic mass is 9.85. The summed E-state index contributed by atoms with van der Waals surface area (Å²) in [5.41, 5.74) is 0.148. The van der Waals surface area contributed by atoms with Gasteiger partial charge in [0.05, 0.1) is 0 Å². The first kappa shape index (κ1) is 15.0. The molecule has 1 aromatic carbocycles. The van der Waals surface area contributed by atoms with Gasteiger partial charge in [0.25, 0.3) is 0 Å². The minimum Gasteiger partial charge on any atom is -0.310 e. The Labute approximate surface area is 106 Å². The molecule has 1 unspecified atom stereocenters. The maximum Gasteiger partial charge on any atom is 0.161 e. The van der Waals surface area contributed by atoms with Gasteiger partial charge in [-0.3, -0.25) is 0 Å². The van der Waals surface area contributed by atoms with Crippen molar-refractivity contribution in [3.63, 3.8) is 0 Å². The quantitative estimate of drug-likeness (QED) is 0.799. The Morgan fingerprint density at radius 1 is 1.06 bits per heavy atom. The van der Waals surface area contributed by atoms with Crippen molar-refractivity contribution in [1.82, 2.24) is 5.32 Å². The van der Waals surface area contributed by atoms with Gasteiger partial charge in [-0.1, -0.05) is 27.7 Å². The highest BCUT2D eigenvalue weighted by atomic mass is 19.2. The average Bonchev–Trinajstić information content (AvgIpc) is 2.21. The molecule has 0 aliphatic carbocycles. The van der Waals surface area contributed by atoms with Crippen molar-refractivity contribution in [2.75, 3.05) is 6.54 Å². The molecule has 1 aromatic rings. The molecule has 4 heteroatoms. The minimum absolute atomic E-state index is 0.0376. The maximum atomic E-state index is 13.7. The molecule has 0 fully saturated rings. The van der Waals surface area contributed by atoms with Gasteiger partial charge in [0, 0.05) is 17.7 Å². The van der Waals surface area contributed by atoms with Crippen LogP contribution in [0.25, 0.3) is 0 Å². The van der Waals surface area contributed by atoms with E-state index < -0.39 is 17.5 Å². The molecule has 0 aromatic heterocycles. The summed E-state index contributed by atoms with van der Waals surface area (Å²) in [5, 5.41) is 3.11. The largest absolute Gasteiger partial charge is 0.310 e. The molecule has 0 spiro atoms. The third-order valence-electron chi connectivity index (χ3n) is 2.68. The van der Waals surface area contributed by atoms with Gasteiger partial charge in [0.1, 0.15) is 5.82 Å². The van der Waals surface area contributed by atoms with Crippen molar-refractivity contribution >= 4 is 0 Å². The molecule has 0 aliphatic heterocycles. The summed E-state index contributed by atoms with van der Waals surface area (Å²) in [4.78, 5) is 0. The zero-order chi connectivity index (χ0) is 13.9. The Morgan fingerprint density at radius 3 is 2.11 bits per heavy atom. The van der Waals surface area contributed by atoms with Gasteiger partial charge in [-0.2, -0.15) is 0 Å². The van der Waals surface area contributed by atoms with Crippen molar-refractivity contribution in [1.29, 1.82) is 0 Å². The molecule has 1 nitrogen and oxygen atoms in total. The number of halogens is 3. The molecule has 18 heavy (non-hydrogen) atoms. The summed E-state index contributed by atoms with van der Waals surface area (Å²) >= 11 is 0. The first-order valence-corrected chi connectivity index (χ1v) is 6.12. The minimum atomic E-state index is -1.15. The van der Waals surface area contributed by atoms with Gasteiger partial charge < -0.3 is 5.32 Å². The van der Waals surface area contributed by atoms with Crippen LogP contribution in [-0.2, 0) is 0 Å². The van der Waals surface area contributed by atoms with Gasteiger partial charge in [-0.15, -0.1) is 0 Å². The molecule has 0 heterocycles. The van der Waals surface area contributed by atoms with Crippen LogP contribution < -0.4 is 5.32 Å². The molecular weight excluding hydrogens is 239 g/mol. The highest BCUT2D eigenvalue weighted by Gasteiger charge is 2.23. The Morgan fingerprint density at radius 2 is 1.61 bits per heavy atom. The Balaban J connectivity index is 3.09. The molecular formula is C14H20F3N. The molecule has 0 saturated heterocycles. The van der Waals surface area contributed by atoms with Crippen LogP contribution in [-0.4, -0.2) is 6.54 Å². The molecule has 0 aliphatic rings. The fraction of sp³-hybridized carbons (Fsp3) is 0.571. The lowest BCUT2D eigenvalue weighted by Crippen LogP contribution is -2.26. The predicted octanol–water partition coefficient (Wildman–Crippen LogP) is 4.19. The second-order valence-electron chi connectivity index (χ2n) is 5.66. The predicted molar refractivity (Wildman–Crippen MR) is 66.8 cm³/mol. The fourth-order valence-electron chi connectivity index (χ4n) is 1.96.